The standard InChI is InChI=1S/C23H23Cl2NO4S/c1-5-30-15-9-11-16(12-10-15)31(28)22-14(3)26-13(2)19(23(27)29-4)20(22)17-7-6-8-18(24)21(17)25/h6-12,20,26H,5H2,1-4H3. The maximum Gasteiger partial charge on any atom is 0.336 e. The molecule has 0 saturated heterocycles. The van der Waals surface area contributed by atoms with Gasteiger partial charge in [-0.1, -0.05) is 35.3 Å². The third-order valence-electron chi connectivity index (χ3n) is 4.95. The molecule has 0 aromatic heterocycles. The Hall–Kier alpha value is -2.12. The van der Waals surface area contributed by atoms with E-state index in [1.807, 2.05) is 13.8 Å². The number of hydrogen-bond donors (Lipinski definition) is 1. The van der Waals surface area contributed by atoms with Crippen molar-refractivity contribution in [3.63, 3.8) is 0 Å². The van der Waals surface area contributed by atoms with Gasteiger partial charge in [-0.15, -0.1) is 0 Å². The first-order valence-electron chi connectivity index (χ1n) is 9.65. The maximum atomic E-state index is 13.7. The number of carbonyl (C=O) groups excluding carboxylic acids is 1. The number of carbonyl (C=O) groups is 1. The molecule has 8 heteroatoms. The SMILES string of the molecule is CCOc1ccc([S+]([O-])C2=C(C)NC(C)=C(C(=O)OC)C2c2cccc(Cl)c2Cl)cc1. The molecule has 1 aliphatic heterocycles. The lowest BCUT2D eigenvalue weighted by atomic mass is 9.86. The number of esters is 1. The van der Waals surface area contributed by atoms with Crippen molar-refractivity contribution in [2.75, 3.05) is 13.7 Å². The largest absolute Gasteiger partial charge is 0.607 e. The van der Waals surface area contributed by atoms with Crippen LogP contribution in [0.4, 0.5) is 0 Å². The van der Waals surface area contributed by atoms with Crippen molar-refractivity contribution in [1.29, 1.82) is 0 Å². The molecule has 1 aliphatic rings. The van der Waals surface area contributed by atoms with Crippen LogP contribution in [-0.2, 0) is 20.7 Å². The van der Waals surface area contributed by atoms with Crippen LogP contribution in [0.15, 0.2) is 69.2 Å². The van der Waals surface area contributed by atoms with Gasteiger partial charge in [0.25, 0.3) is 0 Å². The molecule has 3 rings (SSSR count). The van der Waals surface area contributed by atoms with Crippen LogP contribution in [0.5, 0.6) is 5.75 Å². The molecular weight excluding hydrogens is 457 g/mol. The van der Waals surface area contributed by atoms with Gasteiger partial charge in [0.1, 0.15) is 5.75 Å². The van der Waals surface area contributed by atoms with E-state index in [2.05, 4.69) is 5.32 Å². The van der Waals surface area contributed by atoms with Gasteiger partial charge >= 0.3 is 5.97 Å². The number of halogens is 2. The fourth-order valence-corrected chi connectivity index (χ4v) is 5.44. The zero-order valence-electron chi connectivity index (χ0n) is 17.6. The Labute approximate surface area is 195 Å². The van der Waals surface area contributed by atoms with E-state index in [9.17, 15) is 9.35 Å². The third-order valence-corrected chi connectivity index (χ3v) is 7.42. The minimum Gasteiger partial charge on any atom is -0.607 e. The van der Waals surface area contributed by atoms with Crippen molar-refractivity contribution in [1.82, 2.24) is 5.32 Å². The van der Waals surface area contributed by atoms with Crippen LogP contribution < -0.4 is 10.1 Å². The van der Waals surface area contributed by atoms with E-state index >= 15 is 0 Å². The highest BCUT2D eigenvalue weighted by molar-refractivity contribution is 7.95. The van der Waals surface area contributed by atoms with Gasteiger partial charge in [-0.25, -0.2) is 4.79 Å². The summed E-state index contributed by atoms with van der Waals surface area (Å²) in [6.45, 7) is 6.04. The van der Waals surface area contributed by atoms with Crippen molar-refractivity contribution >= 4 is 40.3 Å². The Balaban J connectivity index is 2.16. The normalized spacial score (nSPS) is 17.3. The first-order valence-corrected chi connectivity index (χ1v) is 11.6. The minimum absolute atomic E-state index is 0.305. The number of dihydropyridines is 1. The number of ether oxygens (including phenoxy) is 2. The van der Waals surface area contributed by atoms with Gasteiger partial charge in [0.15, 0.2) is 9.80 Å². The molecule has 0 bridgehead atoms. The second-order valence-corrected chi connectivity index (χ2v) is 9.13. The number of nitrogens with one attached hydrogen (secondary N) is 1. The summed E-state index contributed by atoms with van der Waals surface area (Å²) in [5, 5.41) is 3.83. The molecule has 2 atom stereocenters. The van der Waals surface area contributed by atoms with E-state index in [1.54, 1.807) is 49.4 Å². The fraction of sp³-hybridized carbons (Fsp3) is 0.261. The van der Waals surface area contributed by atoms with E-state index < -0.39 is 23.1 Å². The number of allylic oxidation sites excluding steroid dienone is 3. The second-order valence-electron chi connectivity index (χ2n) is 6.89. The molecular formula is C23H23Cl2NO4S. The maximum absolute atomic E-state index is 13.7. The van der Waals surface area contributed by atoms with Crippen molar-refractivity contribution < 1.29 is 18.8 Å². The molecule has 0 saturated carbocycles. The predicted octanol–water partition coefficient (Wildman–Crippen LogP) is 5.57. The lowest BCUT2D eigenvalue weighted by Gasteiger charge is -2.31. The van der Waals surface area contributed by atoms with Gasteiger partial charge in [0, 0.05) is 16.9 Å². The predicted molar refractivity (Wildman–Crippen MR) is 124 cm³/mol. The molecule has 2 unspecified atom stereocenters. The molecule has 0 amide bonds. The first kappa shape index (κ1) is 23.5. The molecule has 164 valence electrons. The minimum atomic E-state index is -1.59. The smallest absolute Gasteiger partial charge is 0.336 e. The van der Waals surface area contributed by atoms with Crippen LogP contribution in [0.3, 0.4) is 0 Å². The quantitative estimate of drug-likeness (QED) is 0.433. The van der Waals surface area contributed by atoms with Crippen molar-refractivity contribution in [3.8, 4) is 5.75 Å². The van der Waals surface area contributed by atoms with Gasteiger partial charge in [-0.3, -0.25) is 0 Å². The molecule has 5 nitrogen and oxygen atoms in total. The van der Waals surface area contributed by atoms with Crippen molar-refractivity contribution in [2.45, 2.75) is 31.6 Å². The molecule has 2 aromatic carbocycles. The lowest BCUT2D eigenvalue weighted by Crippen LogP contribution is -2.31. The summed E-state index contributed by atoms with van der Waals surface area (Å²) in [5.74, 6) is -0.525. The Kier molecular flexibility index (Phi) is 7.59. The molecule has 31 heavy (non-hydrogen) atoms. The second kappa shape index (κ2) is 10.0. The van der Waals surface area contributed by atoms with Crippen LogP contribution in [0.25, 0.3) is 0 Å². The zero-order valence-corrected chi connectivity index (χ0v) is 20.0. The molecule has 1 N–H and O–H groups in total. The van der Waals surface area contributed by atoms with Crippen molar-refractivity contribution in [3.05, 3.63) is 79.9 Å². The Morgan fingerprint density at radius 1 is 1.13 bits per heavy atom. The zero-order chi connectivity index (χ0) is 22.7. The topological polar surface area (TPSA) is 70.6 Å². The number of benzene rings is 2. The Morgan fingerprint density at radius 3 is 2.42 bits per heavy atom. The summed E-state index contributed by atoms with van der Waals surface area (Å²) in [7, 11) is 1.31. The van der Waals surface area contributed by atoms with Gasteiger partial charge in [0.05, 0.1) is 40.9 Å². The highest BCUT2D eigenvalue weighted by Gasteiger charge is 2.42. The van der Waals surface area contributed by atoms with E-state index in [1.165, 1.54) is 7.11 Å². The highest BCUT2D eigenvalue weighted by Crippen LogP contribution is 2.46. The summed E-state index contributed by atoms with van der Waals surface area (Å²) in [5.41, 5.74) is 2.21. The summed E-state index contributed by atoms with van der Waals surface area (Å²) >= 11 is 11.2. The summed E-state index contributed by atoms with van der Waals surface area (Å²) in [6.07, 6.45) is 0. The molecule has 0 fully saturated rings. The van der Waals surface area contributed by atoms with Gasteiger partial charge in [-0.05, 0) is 56.7 Å². The summed E-state index contributed by atoms with van der Waals surface area (Å²) in [4.78, 5) is 13.8. The Morgan fingerprint density at radius 2 is 1.81 bits per heavy atom. The van der Waals surface area contributed by atoms with Crippen LogP contribution in [0.1, 0.15) is 32.3 Å². The average molecular weight is 480 g/mol. The van der Waals surface area contributed by atoms with Crippen molar-refractivity contribution in [2.24, 2.45) is 0 Å². The number of methoxy groups -OCH3 is 1. The van der Waals surface area contributed by atoms with Gasteiger partial charge in [0.2, 0.25) is 0 Å². The first-order chi connectivity index (χ1) is 14.8. The van der Waals surface area contributed by atoms with E-state index in [-0.39, 0.29) is 0 Å². The number of rotatable bonds is 6. The van der Waals surface area contributed by atoms with Crippen LogP contribution >= 0.6 is 23.2 Å². The molecule has 1 heterocycles. The van der Waals surface area contributed by atoms with Crippen LogP contribution in [-0.4, -0.2) is 24.2 Å². The number of hydrogen-bond acceptors (Lipinski definition) is 5. The lowest BCUT2D eigenvalue weighted by molar-refractivity contribution is -0.136. The van der Waals surface area contributed by atoms with Gasteiger partial charge < -0.3 is 19.3 Å². The Bertz CT molecular complexity index is 1050. The van der Waals surface area contributed by atoms with Crippen LogP contribution in [0, 0.1) is 0 Å². The monoisotopic (exact) mass is 479 g/mol. The highest BCUT2D eigenvalue weighted by atomic mass is 35.5. The van der Waals surface area contributed by atoms with E-state index in [4.69, 9.17) is 32.7 Å². The fourth-order valence-electron chi connectivity index (χ4n) is 3.59. The van der Waals surface area contributed by atoms with E-state index in [0.717, 1.165) is 0 Å². The molecule has 2 aromatic rings. The molecule has 0 spiro atoms. The average Bonchev–Trinajstić information content (AvgIpc) is 2.75. The van der Waals surface area contributed by atoms with Crippen LogP contribution in [0.2, 0.25) is 10.0 Å². The van der Waals surface area contributed by atoms with E-state index in [0.29, 0.717) is 54.7 Å². The summed E-state index contributed by atoms with van der Waals surface area (Å²) < 4.78 is 24.3. The third kappa shape index (κ3) is 4.72. The molecule has 0 radical (unpaired) electrons. The summed E-state index contributed by atoms with van der Waals surface area (Å²) in [6, 6.07) is 12.2. The van der Waals surface area contributed by atoms with Gasteiger partial charge in [-0.2, -0.15) is 0 Å². The molecule has 0 aliphatic carbocycles.